The molecule has 1 aliphatic rings. The van der Waals surface area contributed by atoms with Gasteiger partial charge in [-0.3, -0.25) is 0 Å². The SMILES string of the molecule is O=C(O)/C=C/c1cccc(C2NCCc3nc(-c4cc(Oc5c(F)cc6[nH]ccc6c5F)ccc4F)[nH]c32)c1F. The van der Waals surface area contributed by atoms with Crippen molar-refractivity contribution in [3.8, 4) is 22.9 Å². The van der Waals surface area contributed by atoms with Crippen LogP contribution < -0.4 is 10.1 Å². The summed E-state index contributed by atoms with van der Waals surface area (Å²) < 4.78 is 65.3. The number of fused-ring (bicyclic) bond motifs is 2. The first-order valence-corrected chi connectivity index (χ1v) is 12.2. The molecule has 7 nitrogen and oxygen atoms in total. The van der Waals surface area contributed by atoms with E-state index in [0.717, 1.165) is 18.2 Å². The lowest BCUT2D eigenvalue weighted by Crippen LogP contribution is -2.31. The lowest BCUT2D eigenvalue weighted by atomic mass is 9.95. The fraction of sp³-hybridized carbons (Fsp3) is 0.103. The monoisotopic (exact) mass is 548 g/mol. The molecule has 1 aliphatic heterocycles. The average molecular weight is 548 g/mol. The number of carboxylic acids is 1. The number of hydrogen-bond acceptors (Lipinski definition) is 4. The van der Waals surface area contributed by atoms with Gasteiger partial charge in [-0.25, -0.2) is 27.3 Å². The van der Waals surface area contributed by atoms with E-state index in [0.29, 0.717) is 24.4 Å². The highest BCUT2D eigenvalue weighted by Gasteiger charge is 2.29. The molecule has 40 heavy (non-hydrogen) atoms. The van der Waals surface area contributed by atoms with Crippen LogP contribution in [0.5, 0.6) is 11.5 Å². The van der Waals surface area contributed by atoms with Crippen LogP contribution >= 0.6 is 0 Å². The summed E-state index contributed by atoms with van der Waals surface area (Å²) >= 11 is 0. The molecular weight excluding hydrogens is 528 g/mol. The molecule has 0 saturated carbocycles. The number of ether oxygens (including phenoxy) is 1. The predicted molar refractivity (Wildman–Crippen MR) is 139 cm³/mol. The number of aliphatic carboxylic acids is 1. The van der Waals surface area contributed by atoms with Crippen LogP contribution in [0.2, 0.25) is 0 Å². The number of nitrogens with one attached hydrogen (secondary N) is 3. The van der Waals surface area contributed by atoms with Crippen molar-refractivity contribution < 1.29 is 32.2 Å². The van der Waals surface area contributed by atoms with Crippen molar-refractivity contribution >= 4 is 22.9 Å². The standard InChI is InChI=1S/C29H20F4N4O3/c30-19-6-5-15(40-28-20(31)13-22-16(25(28)33)8-10-34-22)12-18(19)29-36-21-9-11-35-26(27(21)37-29)17-3-1-2-14(24(17)32)4-7-23(38)39/h1-8,10,12-13,26,34-35H,9,11H2,(H,36,37)(H,38,39)/b7-4+. The summed E-state index contributed by atoms with van der Waals surface area (Å²) in [4.78, 5) is 21.2. The number of halogens is 4. The molecule has 3 heterocycles. The second kappa shape index (κ2) is 10.0. The first-order chi connectivity index (χ1) is 19.3. The molecule has 4 N–H and O–H groups in total. The zero-order valence-electron chi connectivity index (χ0n) is 20.6. The second-order valence-electron chi connectivity index (χ2n) is 9.19. The molecule has 0 fully saturated rings. The van der Waals surface area contributed by atoms with Gasteiger partial charge in [-0.2, -0.15) is 0 Å². The van der Waals surface area contributed by atoms with Crippen LogP contribution in [-0.2, 0) is 11.2 Å². The van der Waals surface area contributed by atoms with Gasteiger partial charge >= 0.3 is 5.97 Å². The Hall–Kier alpha value is -4.90. The number of benzene rings is 3. The molecule has 5 aromatic rings. The Labute approximate surface area is 224 Å². The molecule has 0 spiro atoms. The lowest BCUT2D eigenvalue weighted by Gasteiger charge is -2.24. The maximum atomic E-state index is 15.3. The van der Waals surface area contributed by atoms with E-state index in [1.165, 1.54) is 36.5 Å². The molecule has 0 amide bonds. The molecule has 3 aromatic carbocycles. The number of carboxylic acid groups (broad SMARTS) is 1. The Bertz CT molecular complexity index is 1810. The largest absolute Gasteiger partial charge is 0.478 e. The van der Waals surface area contributed by atoms with Crippen LogP contribution in [0.1, 0.15) is 28.6 Å². The van der Waals surface area contributed by atoms with Crippen LogP contribution in [0.4, 0.5) is 17.6 Å². The number of rotatable bonds is 6. The zero-order chi connectivity index (χ0) is 28.0. The van der Waals surface area contributed by atoms with Gasteiger partial charge in [-0.15, -0.1) is 0 Å². The van der Waals surface area contributed by atoms with E-state index in [1.54, 1.807) is 12.1 Å². The van der Waals surface area contributed by atoms with E-state index < -0.39 is 41.0 Å². The Morgan fingerprint density at radius 2 is 1.90 bits per heavy atom. The third kappa shape index (κ3) is 4.50. The summed E-state index contributed by atoms with van der Waals surface area (Å²) in [6.45, 7) is 0.461. The number of nitrogens with zero attached hydrogens (tertiary/aromatic N) is 1. The van der Waals surface area contributed by atoms with Gasteiger partial charge < -0.3 is 25.1 Å². The molecule has 0 radical (unpaired) electrons. The van der Waals surface area contributed by atoms with E-state index in [9.17, 15) is 18.0 Å². The summed E-state index contributed by atoms with van der Waals surface area (Å²) in [7, 11) is 0. The fourth-order valence-electron chi connectivity index (χ4n) is 4.84. The molecule has 1 unspecified atom stereocenters. The van der Waals surface area contributed by atoms with Gasteiger partial charge in [0.2, 0.25) is 0 Å². The van der Waals surface area contributed by atoms with E-state index in [2.05, 4.69) is 20.3 Å². The molecular formula is C29H20F4N4O3. The van der Waals surface area contributed by atoms with Gasteiger partial charge in [0.05, 0.1) is 28.5 Å². The zero-order valence-corrected chi connectivity index (χ0v) is 20.6. The molecule has 0 saturated heterocycles. The van der Waals surface area contributed by atoms with E-state index in [-0.39, 0.29) is 39.2 Å². The van der Waals surface area contributed by atoms with Gasteiger partial charge in [0.1, 0.15) is 23.2 Å². The minimum absolute atomic E-state index is 0.00666. The predicted octanol–water partition coefficient (Wildman–Crippen LogP) is 6.24. The first-order valence-electron chi connectivity index (χ1n) is 12.2. The van der Waals surface area contributed by atoms with Crippen molar-refractivity contribution in [3.63, 3.8) is 0 Å². The van der Waals surface area contributed by atoms with Crippen molar-refractivity contribution in [2.75, 3.05) is 6.54 Å². The lowest BCUT2D eigenvalue weighted by molar-refractivity contribution is -0.131. The summed E-state index contributed by atoms with van der Waals surface area (Å²) in [6, 6.07) is 10.2. The summed E-state index contributed by atoms with van der Waals surface area (Å²) in [5.41, 5.74) is 1.72. The summed E-state index contributed by atoms with van der Waals surface area (Å²) in [6.07, 6.45) is 3.97. The summed E-state index contributed by atoms with van der Waals surface area (Å²) in [5.74, 6) is -4.80. The van der Waals surface area contributed by atoms with Crippen LogP contribution in [0.3, 0.4) is 0 Å². The molecule has 1 atom stereocenters. The molecule has 6 rings (SSSR count). The smallest absolute Gasteiger partial charge is 0.328 e. The number of aromatic amines is 2. The third-order valence-electron chi connectivity index (χ3n) is 6.70. The number of carbonyl (C=O) groups is 1. The number of imidazole rings is 1. The van der Waals surface area contributed by atoms with Crippen LogP contribution in [0, 0.1) is 23.3 Å². The normalized spacial score (nSPS) is 15.1. The van der Waals surface area contributed by atoms with Gasteiger partial charge in [0, 0.05) is 47.8 Å². The molecule has 202 valence electrons. The van der Waals surface area contributed by atoms with Crippen molar-refractivity contribution in [2.24, 2.45) is 0 Å². The van der Waals surface area contributed by atoms with Crippen molar-refractivity contribution in [1.29, 1.82) is 0 Å². The van der Waals surface area contributed by atoms with Crippen molar-refractivity contribution in [1.82, 2.24) is 20.3 Å². The van der Waals surface area contributed by atoms with Crippen molar-refractivity contribution in [2.45, 2.75) is 12.5 Å². The molecule has 0 aliphatic carbocycles. The Morgan fingerprint density at radius 3 is 2.73 bits per heavy atom. The van der Waals surface area contributed by atoms with Crippen LogP contribution in [-0.4, -0.2) is 32.6 Å². The average Bonchev–Trinajstić information content (AvgIpc) is 3.58. The topological polar surface area (TPSA) is 103 Å². The highest BCUT2D eigenvalue weighted by molar-refractivity contribution is 5.85. The first kappa shape index (κ1) is 25.4. The Balaban J connectivity index is 1.36. The van der Waals surface area contributed by atoms with Gasteiger partial charge in [0.15, 0.2) is 17.4 Å². The highest BCUT2D eigenvalue weighted by atomic mass is 19.1. The quantitative estimate of drug-likeness (QED) is 0.149. The summed E-state index contributed by atoms with van der Waals surface area (Å²) in [5, 5.41) is 12.3. The number of H-pyrrole nitrogens is 2. The van der Waals surface area contributed by atoms with Gasteiger partial charge in [-0.1, -0.05) is 18.2 Å². The van der Waals surface area contributed by atoms with E-state index in [4.69, 9.17) is 9.84 Å². The number of hydrogen-bond donors (Lipinski definition) is 4. The molecule has 2 aromatic heterocycles. The number of aromatic nitrogens is 3. The maximum absolute atomic E-state index is 15.3. The van der Waals surface area contributed by atoms with Crippen LogP contribution in [0.25, 0.3) is 28.4 Å². The van der Waals surface area contributed by atoms with Gasteiger partial charge in [0.25, 0.3) is 0 Å². The van der Waals surface area contributed by atoms with E-state index >= 15 is 4.39 Å². The van der Waals surface area contributed by atoms with Gasteiger partial charge in [-0.05, 0) is 30.3 Å². The van der Waals surface area contributed by atoms with Crippen molar-refractivity contribution in [3.05, 3.63) is 107 Å². The fourth-order valence-corrected chi connectivity index (χ4v) is 4.84. The highest BCUT2D eigenvalue weighted by Crippen LogP contribution is 2.36. The van der Waals surface area contributed by atoms with E-state index in [1.807, 2.05) is 0 Å². The molecule has 0 bridgehead atoms. The Kier molecular flexibility index (Phi) is 6.35. The molecule has 11 heteroatoms. The third-order valence-corrected chi connectivity index (χ3v) is 6.70. The van der Waals surface area contributed by atoms with Crippen LogP contribution in [0.15, 0.2) is 60.8 Å². The Morgan fingerprint density at radius 1 is 1.05 bits per heavy atom. The minimum atomic E-state index is -1.20. The second-order valence-corrected chi connectivity index (χ2v) is 9.19. The minimum Gasteiger partial charge on any atom is -0.478 e. The maximum Gasteiger partial charge on any atom is 0.328 e.